The van der Waals surface area contributed by atoms with Crippen molar-refractivity contribution in [3.05, 3.63) is 47.7 Å². The first kappa shape index (κ1) is 19.6. The zero-order valence-electron chi connectivity index (χ0n) is 16.9. The van der Waals surface area contributed by atoms with E-state index in [1.54, 1.807) is 6.07 Å². The van der Waals surface area contributed by atoms with Gasteiger partial charge in [-0.05, 0) is 37.2 Å². The Labute approximate surface area is 171 Å². The molecule has 7 heteroatoms. The maximum absolute atomic E-state index is 12.7. The molecule has 2 aromatic rings. The zero-order valence-corrected chi connectivity index (χ0v) is 16.9. The van der Waals surface area contributed by atoms with E-state index in [1.807, 2.05) is 35.0 Å². The molecular formula is C22H29N5O2. The molecule has 0 radical (unpaired) electrons. The summed E-state index contributed by atoms with van der Waals surface area (Å²) in [4.78, 5) is 25.9. The number of carbonyl (C=O) groups is 1. The molecule has 1 aliphatic carbocycles. The summed E-state index contributed by atoms with van der Waals surface area (Å²) in [5.41, 5.74) is 1.64. The second-order valence-corrected chi connectivity index (χ2v) is 8.11. The van der Waals surface area contributed by atoms with Gasteiger partial charge in [0.05, 0.1) is 6.10 Å². The lowest BCUT2D eigenvalue weighted by Gasteiger charge is -2.22. The summed E-state index contributed by atoms with van der Waals surface area (Å²) in [7, 11) is 1.95. The Balaban J connectivity index is 1.51. The minimum Gasteiger partial charge on any atom is -0.391 e. The van der Waals surface area contributed by atoms with Gasteiger partial charge in [0.15, 0.2) is 0 Å². The minimum absolute atomic E-state index is 0.155. The summed E-state index contributed by atoms with van der Waals surface area (Å²) in [6.07, 6.45) is 3.61. The quantitative estimate of drug-likeness (QED) is 0.710. The maximum Gasteiger partial charge on any atom is 0.270 e. The fraction of sp³-hybridized carbons (Fsp3) is 0.500. The maximum atomic E-state index is 12.7. The van der Waals surface area contributed by atoms with Gasteiger partial charge >= 0.3 is 0 Å². The molecule has 0 spiro atoms. The molecule has 7 nitrogen and oxygen atoms in total. The molecule has 1 aromatic carbocycles. The molecule has 1 atom stereocenters. The zero-order chi connectivity index (χ0) is 20.2. The Kier molecular flexibility index (Phi) is 5.94. The van der Waals surface area contributed by atoms with Crippen molar-refractivity contribution in [2.45, 2.75) is 31.8 Å². The molecule has 2 fully saturated rings. The normalized spacial score (nSPS) is 18.7. The first-order chi connectivity index (χ1) is 14.1. The van der Waals surface area contributed by atoms with Gasteiger partial charge in [-0.25, -0.2) is 4.98 Å². The van der Waals surface area contributed by atoms with Crippen molar-refractivity contribution in [3.63, 3.8) is 0 Å². The van der Waals surface area contributed by atoms with Crippen molar-refractivity contribution in [2.24, 2.45) is 5.92 Å². The number of aliphatic hydroxyl groups is 1. The van der Waals surface area contributed by atoms with Gasteiger partial charge in [-0.3, -0.25) is 4.79 Å². The van der Waals surface area contributed by atoms with Gasteiger partial charge in [0.2, 0.25) is 5.95 Å². The molecule has 0 bridgehead atoms. The summed E-state index contributed by atoms with van der Waals surface area (Å²) in [5.74, 6) is 1.70. The Morgan fingerprint density at radius 3 is 2.72 bits per heavy atom. The number of hydrogen-bond acceptors (Lipinski definition) is 6. The van der Waals surface area contributed by atoms with Crippen LogP contribution < -0.4 is 15.1 Å². The number of aromatic nitrogens is 2. The van der Waals surface area contributed by atoms with Crippen LogP contribution in [-0.4, -0.2) is 60.3 Å². The highest BCUT2D eigenvalue weighted by atomic mass is 16.3. The van der Waals surface area contributed by atoms with Crippen molar-refractivity contribution >= 4 is 17.7 Å². The van der Waals surface area contributed by atoms with Gasteiger partial charge in [-0.2, -0.15) is 4.98 Å². The molecular weight excluding hydrogens is 366 g/mol. The molecule has 2 aliphatic rings. The number of aliphatic hydroxyl groups excluding tert-OH is 1. The van der Waals surface area contributed by atoms with Crippen molar-refractivity contribution in [1.82, 2.24) is 15.3 Å². The van der Waals surface area contributed by atoms with Gasteiger partial charge in [-0.1, -0.05) is 30.3 Å². The van der Waals surface area contributed by atoms with E-state index in [4.69, 9.17) is 4.98 Å². The molecule has 1 amide bonds. The first-order valence-electron chi connectivity index (χ1n) is 10.4. The average Bonchev–Trinajstić information content (AvgIpc) is 3.48. The van der Waals surface area contributed by atoms with Crippen LogP contribution in [0.25, 0.3) is 0 Å². The predicted octanol–water partition coefficient (Wildman–Crippen LogP) is 1.87. The van der Waals surface area contributed by atoms with E-state index in [-0.39, 0.29) is 12.0 Å². The molecule has 2 heterocycles. The largest absolute Gasteiger partial charge is 0.391 e. The minimum atomic E-state index is -0.351. The monoisotopic (exact) mass is 395 g/mol. The van der Waals surface area contributed by atoms with Crippen LogP contribution in [0, 0.1) is 5.92 Å². The number of hydrogen-bond donors (Lipinski definition) is 2. The summed E-state index contributed by atoms with van der Waals surface area (Å²) >= 11 is 0. The molecule has 1 unspecified atom stereocenters. The number of carbonyl (C=O) groups excluding carboxylic acids is 1. The van der Waals surface area contributed by atoms with Crippen LogP contribution in [0.4, 0.5) is 11.8 Å². The number of anilines is 2. The summed E-state index contributed by atoms with van der Waals surface area (Å²) in [6.45, 7) is 2.72. The number of nitrogens with zero attached hydrogens (tertiary/aromatic N) is 4. The van der Waals surface area contributed by atoms with Crippen LogP contribution in [0.5, 0.6) is 0 Å². The Morgan fingerprint density at radius 2 is 2.03 bits per heavy atom. The SMILES string of the molecule is CN(CCc1ccccc1)c1nc(C(=O)NCC2CC2)cc(N2CCC(O)C2)n1. The van der Waals surface area contributed by atoms with Crippen LogP contribution >= 0.6 is 0 Å². The lowest BCUT2D eigenvalue weighted by Crippen LogP contribution is -2.30. The third-order valence-electron chi connectivity index (χ3n) is 5.59. The predicted molar refractivity (Wildman–Crippen MR) is 113 cm³/mol. The third-order valence-corrected chi connectivity index (χ3v) is 5.59. The van der Waals surface area contributed by atoms with Gasteiger partial charge in [0, 0.05) is 39.3 Å². The van der Waals surface area contributed by atoms with Gasteiger partial charge in [-0.15, -0.1) is 0 Å². The second kappa shape index (κ2) is 8.78. The first-order valence-corrected chi connectivity index (χ1v) is 10.4. The van der Waals surface area contributed by atoms with Crippen molar-refractivity contribution in [2.75, 3.05) is 43.0 Å². The fourth-order valence-electron chi connectivity index (χ4n) is 3.51. The topological polar surface area (TPSA) is 81.6 Å². The highest BCUT2D eigenvalue weighted by Crippen LogP contribution is 2.28. The summed E-state index contributed by atoms with van der Waals surface area (Å²) in [5, 5.41) is 12.9. The van der Waals surface area contributed by atoms with E-state index in [0.717, 1.165) is 19.5 Å². The molecule has 1 aliphatic heterocycles. The Hall–Kier alpha value is -2.67. The number of amides is 1. The third kappa shape index (κ3) is 5.23. The number of β-amino-alcohol motifs (C(OH)–C–C–N with tert-alkyl or cyclic N) is 1. The molecule has 4 rings (SSSR count). The van der Waals surface area contributed by atoms with Crippen molar-refractivity contribution in [3.8, 4) is 0 Å². The fourth-order valence-corrected chi connectivity index (χ4v) is 3.51. The van der Waals surface area contributed by atoms with Crippen molar-refractivity contribution < 1.29 is 9.90 Å². The van der Waals surface area contributed by atoms with E-state index in [1.165, 1.54) is 18.4 Å². The van der Waals surface area contributed by atoms with E-state index in [9.17, 15) is 9.90 Å². The van der Waals surface area contributed by atoms with E-state index in [2.05, 4.69) is 22.4 Å². The van der Waals surface area contributed by atoms with Crippen LogP contribution in [0.15, 0.2) is 36.4 Å². The van der Waals surface area contributed by atoms with E-state index < -0.39 is 0 Å². The standard InChI is InChI=1S/C22H29N5O2/c1-26(11-9-16-5-3-2-4-6-16)22-24-19(21(29)23-14-17-7-8-17)13-20(25-22)27-12-10-18(28)15-27/h2-6,13,17-18,28H,7-12,14-15H2,1H3,(H,23,29). The van der Waals surface area contributed by atoms with E-state index in [0.29, 0.717) is 42.9 Å². The number of rotatable bonds is 8. The van der Waals surface area contributed by atoms with Crippen LogP contribution in [0.3, 0.4) is 0 Å². The average molecular weight is 396 g/mol. The molecule has 29 heavy (non-hydrogen) atoms. The Bertz CT molecular complexity index is 840. The summed E-state index contributed by atoms with van der Waals surface area (Å²) < 4.78 is 0. The van der Waals surface area contributed by atoms with Crippen LogP contribution in [0.1, 0.15) is 35.3 Å². The molecule has 1 saturated carbocycles. The number of likely N-dealkylation sites (N-methyl/N-ethyl adjacent to an activating group) is 1. The van der Waals surface area contributed by atoms with Gasteiger partial charge < -0.3 is 20.2 Å². The lowest BCUT2D eigenvalue weighted by atomic mass is 10.1. The van der Waals surface area contributed by atoms with Gasteiger partial charge in [0.25, 0.3) is 5.91 Å². The highest BCUT2D eigenvalue weighted by Gasteiger charge is 2.25. The Morgan fingerprint density at radius 1 is 1.24 bits per heavy atom. The summed E-state index contributed by atoms with van der Waals surface area (Å²) in [6, 6.07) is 12.0. The van der Waals surface area contributed by atoms with Gasteiger partial charge in [0.1, 0.15) is 11.5 Å². The van der Waals surface area contributed by atoms with Crippen molar-refractivity contribution in [1.29, 1.82) is 0 Å². The molecule has 1 saturated heterocycles. The lowest BCUT2D eigenvalue weighted by molar-refractivity contribution is 0.0946. The van der Waals surface area contributed by atoms with Crippen LogP contribution in [0.2, 0.25) is 0 Å². The molecule has 154 valence electrons. The number of nitrogens with one attached hydrogen (secondary N) is 1. The number of benzene rings is 1. The van der Waals surface area contributed by atoms with E-state index >= 15 is 0 Å². The van der Waals surface area contributed by atoms with Crippen LogP contribution in [-0.2, 0) is 6.42 Å². The highest BCUT2D eigenvalue weighted by molar-refractivity contribution is 5.93. The molecule has 1 aromatic heterocycles. The molecule has 2 N–H and O–H groups in total. The second-order valence-electron chi connectivity index (χ2n) is 8.11. The smallest absolute Gasteiger partial charge is 0.270 e.